The maximum Gasteiger partial charge on any atom is 0.324 e. The zero-order valence-corrected chi connectivity index (χ0v) is 13.7. The Balaban J connectivity index is 3.23. The first-order valence-electron chi connectivity index (χ1n) is 6.52. The molecule has 1 aromatic rings. The van der Waals surface area contributed by atoms with Crippen LogP contribution in [0.3, 0.4) is 0 Å². The standard InChI is InChI=1S/C15H19BrO4/c1-5-19-14(17)12(15(18)20-6-2)11-7-9(3)13(16)10(4)8-11/h7-8,12H,5-6H2,1-4H3. The minimum absolute atomic E-state index is 0.225. The molecule has 0 amide bonds. The second-order valence-electron chi connectivity index (χ2n) is 4.41. The molecule has 0 aromatic heterocycles. The molecule has 4 nitrogen and oxygen atoms in total. The summed E-state index contributed by atoms with van der Waals surface area (Å²) < 4.78 is 10.9. The van der Waals surface area contributed by atoms with Crippen LogP contribution in [-0.2, 0) is 19.1 Å². The number of rotatable bonds is 5. The molecule has 20 heavy (non-hydrogen) atoms. The SMILES string of the molecule is CCOC(=O)C(C(=O)OCC)c1cc(C)c(Br)c(C)c1. The second kappa shape index (κ2) is 7.43. The number of halogens is 1. The van der Waals surface area contributed by atoms with Crippen LogP contribution >= 0.6 is 15.9 Å². The van der Waals surface area contributed by atoms with Crippen molar-refractivity contribution in [2.45, 2.75) is 33.6 Å². The molecule has 1 aromatic carbocycles. The maximum absolute atomic E-state index is 12.0. The van der Waals surface area contributed by atoms with Crippen LogP contribution in [0.5, 0.6) is 0 Å². The monoisotopic (exact) mass is 342 g/mol. The van der Waals surface area contributed by atoms with E-state index >= 15 is 0 Å². The van der Waals surface area contributed by atoms with Crippen molar-refractivity contribution in [3.05, 3.63) is 33.3 Å². The summed E-state index contributed by atoms with van der Waals surface area (Å²) in [6.07, 6.45) is 0. The van der Waals surface area contributed by atoms with E-state index in [0.29, 0.717) is 5.56 Å². The first kappa shape index (κ1) is 16.7. The van der Waals surface area contributed by atoms with Crippen LogP contribution in [0.2, 0.25) is 0 Å². The third-order valence-corrected chi connectivity index (χ3v) is 4.09. The maximum atomic E-state index is 12.0. The van der Waals surface area contributed by atoms with Gasteiger partial charge >= 0.3 is 11.9 Å². The Kier molecular flexibility index (Phi) is 6.20. The summed E-state index contributed by atoms with van der Waals surface area (Å²) in [6, 6.07) is 3.60. The highest BCUT2D eigenvalue weighted by Crippen LogP contribution is 2.28. The van der Waals surface area contributed by atoms with Gasteiger partial charge in [-0.3, -0.25) is 9.59 Å². The number of hydrogen-bond acceptors (Lipinski definition) is 4. The van der Waals surface area contributed by atoms with Gasteiger partial charge < -0.3 is 9.47 Å². The Morgan fingerprint density at radius 2 is 1.45 bits per heavy atom. The van der Waals surface area contributed by atoms with Gasteiger partial charge in [0.25, 0.3) is 0 Å². The lowest BCUT2D eigenvalue weighted by Gasteiger charge is -2.16. The van der Waals surface area contributed by atoms with Crippen molar-refractivity contribution in [3.63, 3.8) is 0 Å². The average Bonchev–Trinajstić information content (AvgIpc) is 2.36. The van der Waals surface area contributed by atoms with Crippen molar-refractivity contribution < 1.29 is 19.1 Å². The molecular formula is C15H19BrO4. The van der Waals surface area contributed by atoms with Gasteiger partial charge in [0.15, 0.2) is 5.92 Å². The number of carbonyl (C=O) groups excluding carboxylic acids is 2. The Morgan fingerprint density at radius 3 is 1.80 bits per heavy atom. The molecule has 0 aliphatic rings. The third-order valence-electron chi connectivity index (χ3n) is 2.84. The van der Waals surface area contributed by atoms with Gasteiger partial charge in [-0.05, 0) is 44.4 Å². The molecule has 0 radical (unpaired) electrons. The van der Waals surface area contributed by atoms with Crippen molar-refractivity contribution in [2.24, 2.45) is 0 Å². The van der Waals surface area contributed by atoms with Gasteiger partial charge in [-0.2, -0.15) is 0 Å². The largest absolute Gasteiger partial charge is 0.465 e. The lowest BCUT2D eigenvalue weighted by atomic mass is 9.95. The van der Waals surface area contributed by atoms with Crippen LogP contribution in [0.25, 0.3) is 0 Å². The molecule has 5 heteroatoms. The van der Waals surface area contributed by atoms with Crippen LogP contribution in [0.15, 0.2) is 16.6 Å². The number of aryl methyl sites for hydroxylation is 2. The van der Waals surface area contributed by atoms with Gasteiger partial charge in [0, 0.05) is 4.47 Å². The Hall–Kier alpha value is -1.36. The molecule has 0 atom stereocenters. The van der Waals surface area contributed by atoms with Crippen LogP contribution < -0.4 is 0 Å². The van der Waals surface area contributed by atoms with E-state index in [4.69, 9.17) is 9.47 Å². The molecule has 1 rings (SSSR count). The van der Waals surface area contributed by atoms with Crippen LogP contribution in [0.4, 0.5) is 0 Å². The summed E-state index contributed by atoms with van der Waals surface area (Å²) in [5, 5.41) is 0. The fourth-order valence-corrected chi connectivity index (χ4v) is 2.19. The molecule has 0 unspecified atom stereocenters. The lowest BCUT2D eigenvalue weighted by molar-refractivity contribution is -0.156. The van der Waals surface area contributed by atoms with Gasteiger partial charge in [0.05, 0.1) is 13.2 Å². The first-order chi connectivity index (χ1) is 9.42. The molecule has 0 aliphatic carbocycles. The zero-order chi connectivity index (χ0) is 15.3. The summed E-state index contributed by atoms with van der Waals surface area (Å²) in [6.45, 7) is 7.69. The van der Waals surface area contributed by atoms with E-state index in [1.165, 1.54) is 0 Å². The van der Waals surface area contributed by atoms with Crippen LogP contribution in [0.1, 0.15) is 36.5 Å². The summed E-state index contributed by atoms with van der Waals surface area (Å²) in [7, 11) is 0. The van der Waals surface area contributed by atoms with Crippen molar-refractivity contribution >= 4 is 27.9 Å². The summed E-state index contributed by atoms with van der Waals surface area (Å²) in [5.74, 6) is -2.18. The molecule has 0 N–H and O–H groups in total. The van der Waals surface area contributed by atoms with Crippen molar-refractivity contribution in [1.82, 2.24) is 0 Å². The summed E-state index contributed by atoms with van der Waals surface area (Å²) >= 11 is 3.47. The Morgan fingerprint density at radius 1 is 1.05 bits per heavy atom. The molecule has 0 aliphatic heterocycles. The van der Waals surface area contributed by atoms with Crippen molar-refractivity contribution in [2.75, 3.05) is 13.2 Å². The number of carbonyl (C=O) groups is 2. The molecule has 0 saturated heterocycles. The van der Waals surface area contributed by atoms with Crippen LogP contribution in [0, 0.1) is 13.8 Å². The molecule has 0 heterocycles. The van der Waals surface area contributed by atoms with E-state index in [2.05, 4.69) is 15.9 Å². The molecule has 0 saturated carbocycles. The normalized spacial score (nSPS) is 10.5. The molecule has 0 spiro atoms. The Labute approximate surface area is 127 Å². The third kappa shape index (κ3) is 3.82. The van der Waals surface area contributed by atoms with E-state index in [-0.39, 0.29) is 13.2 Å². The molecular weight excluding hydrogens is 324 g/mol. The first-order valence-corrected chi connectivity index (χ1v) is 7.31. The van der Waals surface area contributed by atoms with Gasteiger partial charge in [0.1, 0.15) is 0 Å². The minimum atomic E-state index is -1.03. The number of esters is 2. The Bertz CT molecular complexity index is 470. The van der Waals surface area contributed by atoms with E-state index in [1.807, 2.05) is 13.8 Å². The summed E-state index contributed by atoms with van der Waals surface area (Å²) in [4.78, 5) is 24.1. The predicted octanol–water partition coefficient (Wildman–Crippen LogP) is 3.28. The highest BCUT2D eigenvalue weighted by atomic mass is 79.9. The van der Waals surface area contributed by atoms with E-state index in [9.17, 15) is 9.59 Å². The number of hydrogen-bond donors (Lipinski definition) is 0. The summed E-state index contributed by atoms with van der Waals surface area (Å²) in [5.41, 5.74) is 2.51. The topological polar surface area (TPSA) is 52.6 Å². The smallest absolute Gasteiger partial charge is 0.324 e. The fraction of sp³-hybridized carbons (Fsp3) is 0.467. The highest BCUT2D eigenvalue weighted by molar-refractivity contribution is 9.10. The van der Waals surface area contributed by atoms with Crippen molar-refractivity contribution in [1.29, 1.82) is 0 Å². The second-order valence-corrected chi connectivity index (χ2v) is 5.20. The van der Waals surface area contributed by atoms with Gasteiger partial charge in [-0.15, -0.1) is 0 Å². The van der Waals surface area contributed by atoms with Crippen LogP contribution in [-0.4, -0.2) is 25.2 Å². The van der Waals surface area contributed by atoms with Crippen molar-refractivity contribution in [3.8, 4) is 0 Å². The quantitative estimate of drug-likeness (QED) is 0.608. The molecule has 0 fully saturated rings. The van der Waals surface area contributed by atoms with E-state index in [1.54, 1.807) is 26.0 Å². The fourth-order valence-electron chi connectivity index (χ4n) is 1.97. The molecule has 0 bridgehead atoms. The number of benzene rings is 1. The van der Waals surface area contributed by atoms with E-state index in [0.717, 1.165) is 15.6 Å². The van der Waals surface area contributed by atoms with Gasteiger partial charge in [0.2, 0.25) is 0 Å². The zero-order valence-electron chi connectivity index (χ0n) is 12.2. The highest BCUT2D eigenvalue weighted by Gasteiger charge is 2.32. The van der Waals surface area contributed by atoms with Gasteiger partial charge in [-0.1, -0.05) is 28.1 Å². The van der Waals surface area contributed by atoms with E-state index < -0.39 is 17.9 Å². The average molecular weight is 343 g/mol. The molecule has 110 valence electrons. The number of ether oxygens (including phenoxy) is 2. The minimum Gasteiger partial charge on any atom is -0.465 e. The lowest BCUT2D eigenvalue weighted by Crippen LogP contribution is -2.26. The predicted molar refractivity (Wildman–Crippen MR) is 79.6 cm³/mol. The van der Waals surface area contributed by atoms with Gasteiger partial charge in [-0.25, -0.2) is 0 Å².